The van der Waals surface area contributed by atoms with Crippen molar-refractivity contribution in [3.63, 3.8) is 0 Å². The molecule has 5 nitrogen and oxygen atoms in total. The van der Waals surface area contributed by atoms with Crippen LogP contribution in [0.15, 0.2) is 24.5 Å². The average molecular weight is 230 g/mol. The molecule has 88 valence electrons. The molecule has 0 bridgehead atoms. The van der Waals surface area contributed by atoms with Crippen LogP contribution in [0.25, 0.3) is 11.4 Å². The van der Waals surface area contributed by atoms with Gasteiger partial charge in [-0.25, -0.2) is 9.67 Å². The van der Waals surface area contributed by atoms with Crippen molar-refractivity contribution in [3.05, 3.63) is 30.4 Å². The number of hydrogen-bond acceptors (Lipinski definition) is 4. The Balaban J connectivity index is 2.02. The molecular weight excluding hydrogens is 216 g/mol. The summed E-state index contributed by atoms with van der Waals surface area (Å²) in [6, 6.07) is 3.88. The quantitative estimate of drug-likeness (QED) is 0.842. The molecule has 0 saturated carbocycles. The third-order valence-corrected chi connectivity index (χ3v) is 3.13. The van der Waals surface area contributed by atoms with E-state index >= 15 is 0 Å². The molecule has 1 aliphatic heterocycles. The molecule has 17 heavy (non-hydrogen) atoms. The molecule has 5 heteroatoms. The van der Waals surface area contributed by atoms with Gasteiger partial charge in [0.25, 0.3) is 0 Å². The second-order valence-electron chi connectivity index (χ2n) is 4.26. The summed E-state index contributed by atoms with van der Waals surface area (Å²) in [7, 11) is 0. The minimum absolute atomic E-state index is 0.0850. The summed E-state index contributed by atoms with van der Waals surface area (Å²) in [6.45, 7) is 0.131. The molecule has 0 aromatic carbocycles. The highest BCUT2D eigenvalue weighted by Gasteiger charge is 2.22. The van der Waals surface area contributed by atoms with Crippen molar-refractivity contribution >= 4 is 0 Å². The summed E-state index contributed by atoms with van der Waals surface area (Å²) in [5.41, 5.74) is 0.971. The van der Waals surface area contributed by atoms with Crippen molar-refractivity contribution in [3.8, 4) is 11.4 Å². The summed E-state index contributed by atoms with van der Waals surface area (Å²) in [5.74, 6) is 1.70. The van der Waals surface area contributed by atoms with E-state index in [1.54, 1.807) is 12.4 Å². The van der Waals surface area contributed by atoms with E-state index in [9.17, 15) is 5.11 Å². The normalized spacial score (nSPS) is 19.0. The summed E-state index contributed by atoms with van der Waals surface area (Å²) in [5, 5.41) is 13.8. The van der Waals surface area contributed by atoms with Gasteiger partial charge < -0.3 is 5.11 Å². The molecule has 0 spiro atoms. The summed E-state index contributed by atoms with van der Waals surface area (Å²) < 4.78 is 1.87. The van der Waals surface area contributed by atoms with E-state index in [4.69, 9.17) is 0 Å². The van der Waals surface area contributed by atoms with Crippen LogP contribution in [0.2, 0.25) is 0 Å². The Kier molecular flexibility index (Phi) is 2.60. The van der Waals surface area contributed by atoms with E-state index in [1.165, 1.54) is 0 Å². The van der Waals surface area contributed by atoms with Crippen LogP contribution in [-0.2, 0) is 6.42 Å². The van der Waals surface area contributed by atoms with Gasteiger partial charge in [-0.3, -0.25) is 4.98 Å². The van der Waals surface area contributed by atoms with Gasteiger partial charge >= 0.3 is 0 Å². The second kappa shape index (κ2) is 4.25. The zero-order chi connectivity index (χ0) is 11.7. The third-order valence-electron chi connectivity index (χ3n) is 3.13. The Bertz CT molecular complexity index is 508. The maximum Gasteiger partial charge on any atom is 0.181 e. The maximum absolute atomic E-state index is 9.32. The van der Waals surface area contributed by atoms with Gasteiger partial charge in [0, 0.05) is 24.4 Å². The van der Waals surface area contributed by atoms with Gasteiger partial charge in [-0.15, -0.1) is 0 Å². The monoisotopic (exact) mass is 230 g/mol. The molecule has 2 aromatic heterocycles. The van der Waals surface area contributed by atoms with E-state index in [0.29, 0.717) is 0 Å². The van der Waals surface area contributed by atoms with Gasteiger partial charge in [-0.2, -0.15) is 5.10 Å². The van der Waals surface area contributed by atoms with Crippen molar-refractivity contribution < 1.29 is 5.11 Å². The third kappa shape index (κ3) is 1.82. The molecule has 3 rings (SSSR count). The van der Waals surface area contributed by atoms with E-state index in [-0.39, 0.29) is 12.6 Å². The summed E-state index contributed by atoms with van der Waals surface area (Å²) in [4.78, 5) is 8.51. The van der Waals surface area contributed by atoms with Crippen molar-refractivity contribution in [2.75, 3.05) is 6.61 Å². The van der Waals surface area contributed by atoms with E-state index in [0.717, 1.165) is 36.5 Å². The minimum Gasteiger partial charge on any atom is -0.394 e. The number of aliphatic hydroxyl groups excluding tert-OH is 1. The smallest absolute Gasteiger partial charge is 0.181 e. The lowest BCUT2D eigenvalue weighted by Gasteiger charge is -2.20. The predicted molar refractivity (Wildman–Crippen MR) is 62.3 cm³/mol. The zero-order valence-electron chi connectivity index (χ0n) is 9.45. The molecule has 3 heterocycles. The average Bonchev–Trinajstić information content (AvgIpc) is 2.83. The molecule has 1 atom stereocenters. The Morgan fingerprint density at radius 3 is 2.94 bits per heavy atom. The van der Waals surface area contributed by atoms with Crippen LogP contribution >= 0.6 is 0 Å². The fourth-order valence-corrected chi connectivity index (χ4v) is 2.23. The molecule has 0 amide bonds. The standard InChI is InChI=1S/C12H14N4O/c17-8-10-2-1-3-11-14-12(15-16(10)11)9-4-6-13-7-5-9/h4-7,10,17H,1-3,8H2. The first kappa shape index (κ1) is 10.4. The van der Waals surface area contributed by atoms with Crippen molar-refractivity contribution in [1.82, 2.24) is 19.7 Å². The second-order valence-corrected chi connectivity index (χ2v) is 4.26. The van der Waals surface area contributed by atoms with Gasteiger partial charge in [-0.05, 0) is 25.0 Å². The number of pyridine rings is 1. The van der Waals surface area contributed by atoms with Crippen molar-refractivity contribution in [1.29, 1.82) is 0 Å². The fraction of sp³-hybridized carbons (Fsp3) is 0.417. The molecule has 0 fully saturated rings. The number of aromatic nitrogens is 4. The lowest BCUT2D eigenvalue weighted by molar-refractivity contribution is 0.195. The molecule has 2 aromatic rings. The number of nitrogens with zero attached hydrogens (tertiary/aromatic N) is 4. The molecule has 1 unspecified atom stereocenters. The molecule has 1 aliphatic rings. The number of aryl methyl sites for hydroxylation is 1. The van der Waals surface area contributed by atoms with Gasteiger partial charge in [0.15, 0.2) is 5.82 Å². The van der Waals surface area contributed by atoms with Crippen LogP contribution in [0.3, 0.4) is 0 Å². The van der Waals surface area contributed by atoms with Crippen LogP contribution < -0.4 is 0 Å². The zero-order valence-corrected chi connectivity index (χ0v) is 9.45. The topological polar surface area (TPSA) is 63.8 Å². The van der Waals surface area contributed by atoms with Crippen LogP contribution in [-0.4, -0.2) is 31.5 Å². The Hall–Kier alpha value is -1.75. The van der Waals surface area contributed by atoms with E-state index < -0.39 is 0 Å². The van der Waals surface area contributed by atoms with Crippen LogP contribution in [0.1, 0.15) is 24.7 Å². The van der Waals surface area contributed by atoms with Crippen molar-refractivity contribution in [2.45, 2.75) is 25.3 Å². The van der Waals surface area contributed by atoms with Gasteiger partial charge in [0.05, 0.1) is 12.6 Å². The molecule has 1 N–H and O–H groups in total. The summed E-state index contributed by atoms with van der Waals surface area (Å²) >= 11 is 0. The highest BCUT2D eigenvalue weighted by atomic mass is 16.3. The van der Waals surface area contributed by atoms with Gasteiger partial charge in [0.2, 0.25) is 0 Å². The highest BCUT2D eigenvalue weighted by Crippen LogP contribution is 2.25. The van der Waals surface area contributed by atoms with Crippen LogP contribution in [0.4, 0.5) is 0 Å². The molecule has 0 radical (unpaired) electrons. The van der Waals surface area contributed by atoms with Crippen LogP contribution in [0.5, 0.6) is 0 Å². The first-order chi connectivity index (χ1) is 8.38. The van der Waals surface area contributed by atoms with E-state index in [1.807, 2.05) is 16.8 Å². The number of aliphatic hydroxyl groups is 1. The lowest BCUT2D eigenvalue weighted by Crippen LogP contribution is -2.21. The molecule has 0 saturated heterocycles. The summed E-state index contributed by atoms with van der Waals surface area (Å²) in [6.07, 6.45) is 6.45. The Labute approximate surface area is 99.1 Å². The highest BCUT2D eigenvalue weighted by molar-refractivity contribution is 5.53. The SMILES string of the molecule is OCC1CCCc2nc(-c3ccncc3)nn21. The van der Waals surface area contributed by atoms with E-state index in [2.05, 4.69) is 15.1 Å². The first-order valence-corrected chi connectivity index (χ1v) is 5.85. The Morgan fingerprint density at radius 2 is 2.18 bits per heavy atom. The lowest BCUT2D eigenvalue weighted by atomic mass is 10.1. The Morgan fingerprint density at radius 1 is 1.35 bits per heavy atom. The maximum atomic E-state index is 9.32. The van der Waals surface area contributed by atoms with Gasteiger partial charge in [-0.1, -0.05) is 0 Å². The van der Waals surface area contributed by atoms with Crippen LogP contribution in [0, 0.1) is 0 Å². The minimum atomic E-state index is 0.0850. The number of hydrogen-bond donors (Lipinski definition) is 1. The fourth-order valence-electron chi connectivity index (χ4n) is 2.23. The van der Waals surface area contributed by atoms with Gasteiger partial charge in [0.1, 0.15) is 5.82 Å². The number of rotatable bonds is 2. The largest absolute Gasteiger partial charge is 0.394 e. The van der Waals surface area contributed by atoms with Crippen molar-refractivity contribution in [2.24, 2.45) is 0 Å². The first-order valence-electron chi connectivity index (χ1n) is 5.85. The number of fused-ring (bicyclic) bond motifs is 1. The molecular formula is C12H14N4O. The predicted octanol–water partition coefficient (Wildman–Crippen LogP) is 1.21. The molecule has 0 aliphatic carbocycles.